The number of anilines is 3. The molecule has 3 heterocycles. The van der Waals surface area contributed by atoms with Crippen LogP contribution in [0.15, 0.2) is 78.8 Å². The van der Waals surface area contributed by atoms with Gasteiger partial charge in [-0.2, -0.15) is 5.26 Å². The summed E-state index contributed by atoms with van der Waals surface area (Å²) in [4.78, 5) is 7.05. The quantitative estimate of drug-likeness (QED) is 0.157. The van der Waals surface area contributed by atoms with Crippen LogP contribution in [0.4, 0.5) is 17.1 Å². The van der Waals surface area contributed by atoms with E-state index in [0.29, 0.717) is 49.0 Å². The number of piperidine rings is 1. The van der Waals surface area contributed by atoms with Gasteiger partial charge in [-0.3, -0.25) is 14.9 Å². The van der Waals surface area contributed by atoms with Crippen molar-refractivity contribution >= 4 is 62.8 Å². The average molecular weight is 662 g/mol. The van der Waals surface area contributed by atoms with E-state index in [-0.39, 0.29) is 11.6 Å². The summed E-state index contributed by atoms with van der Waals surface area (Å²) < 4.78 is 0. The van der Waals surface area contributed by atoms with Crippen LogP contribution in [-0.4, -0.2) is 39.6 Å². The Hall–Kier alpha value is -3.71. The third-order valence-corrected chi connectivity index (χ3v) is 9.53. The number of benzene rings is 3. The van der Waals surface area contributed by atoms with Crippen LogP contribution in [0.1, 0.15) is 50.8 Å². The first-order chi connectivity index (χ1) is 21.6. The van der Waals surface area contributed by atoms with E-state index in [2.05, 4.69) is 81.7 Å². The number of nitriles is 1. The van der Waals surface area contributed by atoms with Crippen LogP contribution in [0.3, 0.4) is 0 Å². The Morgan fingerprint density at radius 3 is 2.47 bits per heavy atom. The van der Waals surface area contributed by atoms with Gasteiger partial charge in [-0.25, -0.2) is 0 Å². The highest BCUT2D eigenvalue weighted by molar-refractivity contribution is 6.43. The van der Waals surface area contributed by atoms with Gasteiger partial charge in [0.1, 0.15) is 6.07 Å². The fourth-order valence-electron chi connectivity index (χ4n) is 5.95. The van der Waals surface area contributed by atoms with Gasteiger partial charge in [0.25, 0.3) is 0 Å². The molecule has 1 fully saturated rings. The van der Waals surface area contributed by atoms with Crippen molar-refractivity contribution < 1.29 is 0 Å². The lowest BCUT2D eigenvalue weighted by atomic mass is 9.98. The predicted octanol–water partition coefficient (Wildman–Crippen LogP) is 8.39. The van der Waals surface area contributed by atoms with Crippen molar-refractivity contribution in [2.75, 3.05) is 23.7 Å². The number of nitrogens with zero attached hydrogens (tertiary/aromatic N) is 4. The Bertz CT molecular complexity index is 1770. The summed E-state index contributed by atoms with van der Waals surface area (Å²) >= 11 is 19.6. The van der Waals surface area contributed by atoms with Crippen LogP contribution < -0.4 is 21.6 Å². The maximum atomic E-state index is 9.97. The van der Waals surface area contributed by atoms with Gasteiger partial charge < -0.3 is 16.1 Å². The maximum absolute atomic E-state index is 9.97. The van der Waals surface area contributed by atoms with E-state index in [9.17, 15) is 5.26 Å². The number of hydrogen-bond acceptors (Lipinski definition) is 8. The van der Waals surface area contributed by atoms with Crippen LogP contribution in [0, 0.1) is 11.3 Å². The SMILES string of the molecule is CC(C)(C)N1CCC(N2C=C([C@@H](Nc3cc(Cl)c4ncc(C#N)c(Nc5cccc(Cl)c5Cl)c4c3)c3ccccc3)NN2)CC1. The average Bonchev–Trinajstić information content (AvgIpc) is 3.52. The van der Waals surface area contributed by atoms with Crippen LogP contribution in [0.25, 0.3) is 10.9 Å². The van der Waals surface area contributed by atoms with Crippen molar-refractivity contribution in [3.63, 3.8) is 0 Å². The van der Waals surface area contributed by atoms with E-state index >= 15 is 0 Å². The standard InChI is InChI=1S/C34H35Cl3N8/c1-34(2,3)44-14-12-24(13-15-44)45-20-29(42-43-45)32(21-8-5-4-6-9-21)40-23-16-25-31(41-28-11-7-10-26(35)30(28)37)22(18-38)19-39-33(25)27(36)17-23/h4-11,16-17,19-20,24,32,40,42-43H,12-15H2,1-3H3,(H,39,41)/t32-/m0/s1. The Morgan fingerprint density at radius 1 is 1.00 bits per heavy atom. The molecule has 2 aliphatic heterocycles. The van der Waals surface area contributed by atoms with E-state index in [0.717, 1.165) is 42.9 Å². The third-order valence-electron chi connectivity index (χ3n) is 8.43. The topological polar surface area (TPSA) is 91.3 Å². The van der Waals surface area contributed by atoms with E-state index in [4.69, 9.17) is 34.8 Å². The van der Waals surface area contributed by atoms with Gasteiger partial charge in [-0.15, -0.1) is 5.53 Å². The van der Waals surface area contributed by atoms with Gasteiger partial charge in [0, 0.05) is 48.1 Å². The molecule has 0 aliphatic carbocycles. The Balaban J connectivity index is 1.34. The predicted molar refractivity (Wildman–Crippen MR) is 185 cm³/mol. The summed E-state index contributed by atoms with van der Waals surface area (Å²) in [5.41, 5.74) is 11.8. The highest BCUT2D eigenvalue weighted by Gasteiger charge is 2.32. The molecular weight excluding hydrogens is 627 g/mol. The first kappa shape index (κ1) is 31.3. The Kier molecular flexibility index (Phi) is 9.00. The molecule has 1 aromatic heterocycles. The van der Waals surface area contributed by atoms with Crippen LogP contribution in [0.2, 0.25) is 15.1 Å². The monoisotopic (exact) mass is 660 g/mol. The number of hydrogen-bond donors (Lipinski definition) is 4. The van der Waals surface area contributed by atoms with Gasteiger partial charge in [0.05, 0.1) is 49.3 Å². The van der Waals surface area contributed by atoms with E-state index < -0.39 is 0 Å². The van der Waals surface area contributed by atoms with E-state index in [1.165, 1.54) is 6.20 Å². The van der Waals surface area contributed by atoms with Crippen molar-refractivity contribution in [2.24, 2.45) is 0 Å². The second-order valence-electron chi connectivity index (χ2n) is 12.3. The summed E-state index contributed by atoms with van der Waals surface area (Å²) in [6.07, 6.45) is 5.81. The molecule has 1 saturated heterocycles. The molecule has 6 rings (SSSR count). The number of likely N-dealkylation sites (tertiary alicyclic amines) is 1. The lowest BCUT2D eigenvalue weighted by Gasteiger charge is -2.42. The first-order valence-electron chi connectivity index (χ1n) is 14.9. The number of fused-ring (bicyclic) bond motifs is 1. The highest BCUT2D eigenvalue weighted by Crippen LogP contribution is 2.39. The lowest BCUT2D eigenvalue weighted by molar-refractivity contribution is 0.0570. The number of nitrogens with one attached hydrogen (secondary N) is 4. The maximum Gasteiger partial charge on any atom is 0.103 e. The molecule has 45 heavy (non-hydrogen) atoms. The van der Waals surface area contributed by atoms with Gasteiger partial charge in [-0.1, -0.05) is 71.2 Å². The summed E-state index contributed by atoms with van der Waals surface area (Å²) in [5.74, 6) is 0. The molecular formula is C34H35Cl3N8. The molecule has 2 aliphatic rings. The zero-order valence-corrected chi connectivity index (χ0v) is 27.6. The van der Waals surface area contributed by atoms with Crippen molar-refractivity contribution in [1.82, 2.24) is 25.9 Å². The molecule has 232 valence electrons. The molecule has 1 atom stereocenters. The van der Waals surface area contributed by atoms with Gasteiger partial charge >= 0.3 is 0 Å². The van der Waals surface area contributed by atoms with Crippen LogP contribution >= 0.6 is 34.8 Å². The fourth-order valence-corrected chi connectivity index (χ4v) is 6.57. The molecule has 4 N–H and O–H groups in total. The number of aromatic nitrogens is 1. The number of rotatable bonds is 7. The fraction of sp³-hybridized carbons (Fsp3) is 0.294. The molecule has 0 unspecified atom stereocenters. The van der Waals surface area contributed by atoms with Gasteiger partial charge in [0.2, 0.25) is 0 Å². The smallest absolute Gasteiger partial charge is 0.103 e. The molecule has 11 heteroatoms. The number of halogens is 3. The van der Waals surface area contributed by atoms with Crippen molar-refractivity contribution in [2.45, 2.75) is 51.2 Å². The minimum absolute atomic E-state index is 0.172. The third kappa shape index (κ3) is 6.64. The zero-order chi connectivity index (χ0) is 31.7. The Morgan fingerprint density at radius 2 is 1.76 bits per heavy atom. The van der Waals surface area contributed by atoms with Crippen molar-refractivity contribution in [3.8, 4) is 6.07 Å². The number of pyridine rings is 1. The minimum Gasteiger partial charge on any atom is -0.373 e. The largest absolute Gasteiger partial charge is 0.373 e. The first-order valence-corrected chi connectivity index (χ1v) is 16.1. The van der Waals surface area contributed by atoms with E-state index in [1.54, 1.807) is 18.2 Å². The Labute approximate surface area is 278 Å². The summed E-state index contributed by atoms with van der Waals surface area (Å²) in [6.45, 7) is 8.94. The molecule has 0 bridgehead atoms. The van der Waals surface area contributed by atoms with Crippen LogP contribution in [-0.2, 0) is 0 Å². The zero-order valence-electron chi connectivity index (χ0n) is 25.3. The molecule has 0 saturated carbocycles. The summed E-state index contributed by atoms with van der Waals surface area (Å²) in [7, 11) is 0. The van der Waals surface area contributed by atoms with Gasteiger partial charge in [-0.05, 0) is 63.4 Å². The van der Waals surface area contributed by atoms with Crippen LogP contribution in [0.5, 0.6) is 0 Å². The molecule has 0 amide bonds. The lowest BCUT2D eigenvalue weighted by Crippen LogP contribution is -2.52. The van der Waals surface area contributed by atoms with E-state index in [1.807, 2.05) is 30.3 Å². The van der Waals surface area contributed by atoms with Crippen molar-refractivity contribution in [3.05, 3.63) is 105 Å². The second-order valence-corrected chi connectivity index (χ2v) is 13.5. The van der Waals surface area contributed by atoms with Crippen molar-refractivity contribution in [1.29, 1.82) is 5.26 Å². The van der Waals surface area contributed by atoms with Gasteiger partial charge in [0.15, 0.2) is 0 Å². The summed E-state index contributed by atoms with van der Waals surface area (Å²) in [6, 6.07) is 21.8. The molecule has 0 radical (unpaired) electrons. The summed E-state index contributed by atoms with van der Waals surface area (Å²) in [5, 5.41) is 21.1. The highest BCUT2D eigenvalue weighted by atomic mass is 35.5. The normalized spacial score (nSPS) is 16.6. The molecule has 3 aromatic carbocycles. The molecule has 8 nitrogen and oxygen atoms in total. The number of hydrazine groups is 2. The second kappa shape index (κ2) is 13.0. The molecule has 4 aromatic rings. The minimum atomic E-state index is -0.224. The molecule has 0 spiro atoms.